The van der Waals surface area contributed by atoms with Crippen molar-refractivity contribution in [2.45, 2.75) is 124 Å². The van der Waals surface area contributed by atoms with Gasteiger partial charge in [-0.25, -0.2) is 0 Å². The van der Waals surface area contributed by atoms with Crippen molar-refractivity contribution < 1.29 is 68.9 Å². The van der Waals surface area contributed by atoms with Crippen molar-refractivity contribution in [3.8, 4) is 28.7 Å². The molecule has 1 N–H and O–H groups in total. The van der Waals surface area contributed by atoms with Crippen molar-refractivity contribution in [2.75, 3.05) is 26.2 Å². The van der Waals surface area contributed by atoms with E-state index in [1.165, 1.54) is 11.1 Å². The van der Waals surface area contributed by atoms with E-state index in [0.717, 1.165) is 88.9 Å². The number of rotatable bonds is 12. The second-order valence-electron chi connectivity index (χ2n) is 17.5. The summed E-state index contributed by atoms with van der Waals surface area (Å²) in [7, 11) is 0. The average molecular weight is 855 g/mol. The Bertz CT molecular complexity index is 2040. The van der Waals surface area contributed by atoms with Crippen molar-refractivity contribution >= 4 is 20.8 Å². The number of aliphatic imine (C=N–C) groups is 2. The quantitative estimate of drug-likeness (QED) is 0.101. The summed E-state index contributed by atoms with van der Waals surface area (Å²) >= 11 is 0. The number of benzene rings is 4. The molecule has 0 unspecified atom stereocenters. The normalized spacial score (nSPS) is 18.2. The summed E-state index contributed by atoms with van der Waals surface area (Å²) in [6, 6.07) is 24.5. The van der Waals surface area contributed by atoms with E-state index in [4.69, 9.17) is 37.9 Å². The molecule has 0 aliphatic carbocycles. The third kappa shape index (κ3) is 13.1. The van der Waals surface area contributed by atoms with E-state index in [1.54, 1.807) is 0 Å². The maximum Gasteiger partial charge on any atom is 1.00 e. The zero-order chi connectivity index (χ0) is 42.4. The van der Waals surface area contributed by atoms with Gasteiger partial charge in [0.25, 0.3) is 0 Å². The monoisotopic (exact) mass is 854 g/mol. The van der Waals surface area contributed by atoms with Crippen molar-refractivity contribution in [1.82, 2.24) is 5.32 Å². The topological polar surface area (TPSA) is 111 Å². The van der Waals surface area contributed by atoms with Gasteiger partial charge in [-0.15, -0.1) is 0 Å². The fraction of sp³-hybridized carbons (Fsp3) is 0.469. The van der Waals surface area contributed by atoms with Crippen molar-refractivity contribution in [3.05, 3.63) is 112 Å². The fourth-order valence-electron chi connectivity index (χ4n) is 7.27. The van der Waals surface area contributed by atoms with Crippen LogP contribution in [0.2, 0.25) is 0 Å². The zero-order valence-corrected chi connectivity index (χ0v) is 40.1. The van der Waals surface area contributed by atoms with Crippen molar-refractivity contribution in [3.63, 3.8) is 0 Å². The molecule has 0 fully saturated rings. The second-order valence-corrected chi connectivity index (χ2v) is 17.5. The molecule has 3 radical (unpaired) electrons. The molecule has 0 bridgehead atoms. The molecule has 0 saturated carbocycles. The van der Waals surface area contributed by atoms with Crippen LogP contribution >= 0.6 is 0 Å². The predicted octanol–water partition coefficient (Wildman–Crippen LogP) is 6.24. The Morgan fingerprint density at radius 1 is 0.581 bits per heavy atom. The first-order valence-corrected chi connectivity index (χ1v) is 21.1. The largest absolute Gasteiger partial charge is 1.00 e. The first kappa shape index (κ1) is 49.1. The summed E-state index contributed by atoms with van der Waals surface area (Å²) in [5.74, 6) is 2.62. The van der Waals surface area contributed by atoms with E-state index in [-0.39, 0.29) is 45.0 Å². The van der Waals surface area contributed by atoms with Crippen LogP contribution < -0.4 is 58.6 Å². The molecule has 0 aromatic heterocycles. The van der Waals surface area contributed by atoms with Crippen LogP contribution in [0.5, 0.6) is 28.7 Å². The minimum atomic E-state index is -0.627. The Hall–Kier alpha value is -3.88. The number of unbranched alkanes of at least 4 members (excludes halogenated alkanes) is 1. The third-order valence-electron chi connectivity index (χ3n) is 10.4. The number of aryl methyl sites for hydroxylation is 1. The first-order valence-electron chi connectivity index (χ1n) is 21.1. The van der Waals surface area contributed by atoms with E-state index >= 15 is 0 Å². The van der Waals surface area contributed by atoms with Gasteiger partial charge >= 0.3 is 29.6 Å². The summed E-state index contributed by atoms with van der Waals surface area (Å²) in [5.41, 5.74) is 7.26. The molecule has 4 aliphatic rings. The van der Waals surface area contributed by atoms with E-state index in [2.05, 4.69) is 59.5 Å². The SMILES string of the molecule is CC1(C)COc2cccc(CCCCNCc3cccc4c3OC(C)(C)OC4)c2O1.CC1(C)OCc2cccc(C=NCCN=Cc3cccc4c3OC(C)(C)OC4)c2O1.[B].[H-].[Na+]. The molecule has 13 heteroatoms. The van der Waals surface area contributed by atoms with Crippen LogP contribution in [0.3, 0.4) is 0 Å². The Labute approximate surface area is 393 Å². The molecule has 8 rings (SSSR count). The molecule has 4 aromatic carbocycles. The summed E-state index contributed by atoms with van der Waals surface area (Å²) in [6.45, 7) is 20.9. The van der Waals surface area contributed by atoms with E-state index < -0.39 is 17.4 Å². The Balaban J connectivity index is 0.000000264. The molecule has 4 aromatic rings. The summed E-state index contributed by atoms with van der Waals surface area (Å²) in [4.78, 5) is 9.06. The van der Waals surface area contributed by atoms with Gasteiger partial charge in [0.1, 0.15) is 29.5 Å². The number of hydrogen-bond acceptors (Lipinski definition) is 11. The van der Waals surface area contributed by atoms with Crippen LogP contribution in [-0.4, -0.2) is 70.0 Å². The molecular weight excluding hydrogens is 792 g/mol. The Morgan fingerprint density at radius 3 is 1.63 bits per heavy atom. The minimum absolute atomic E-state index is 0. The molecule has 0 saturated heterocycles. The van der Waals surface area contributed by atoms with Gasteiger partial charge in [-0.05, 0) is 63.4 Å². The molecule has 0 atom stereocenters. The summed E-state index contributed by atoms with van der Waals surface area (Å²) in [5, 5.41) is 3.56. The fourth-order valence-corrected chi connectivity index (χ4v) is 7.27. The molecule has 0 amide bonds. The summed E-state index contributed by atoms with van der Waals surface area (Å²) < 4.78 is 47.2. The van der Waals surface area contributed by atoms with Crippen molar-refractivity contribution in [2.24, 2.45) is 9.98 Å². The van der Waals surface area contributed by atoms with Gasteiger partial charge in [0.2, 0.25) is 17.4 Å². The molecule has 62 heavy (non-hydrogen) atoms. The van der Waals surface area contributed by atoms with Crippen molar-refractivity contribution in [1.29, 1.82) is 0 Å². The zero-order valence-electron chi connectivity index (χ0n) is 39.1. The van der Waals surface area contributed by atoms with E-state index in [1.807, 2.05) is 96.4 Å². The van der Waals surface area contributed by atoms with Gasteiger partial charge in [-0.2, -0.15) is 0 Å². The van der Waals surface area contributed by atoms with Gasteiger partial charge in [0.05, 0.1) is 32.9 Å². The summed E-state index contributed by atoms with van der Waals surface area (Å²) in [6.07, 6.45) is 6.88. The van der Waals surface area contributed by atoms with Crippen LogP contribution in [-0.2, 0) is 47.0 Å². The Kier molecular flexibility index (Phi) is 16.8. The minimum Gasteiger partial charge on any atom is -1.00 e. The number of hydrogen-bond donors (Lipinski definition) is 1. The Morgan fingerprint density at radius 2 is 1.06 bits per heavy atom. The predicted molar refractivity (Wildman–Crippen MR) is 241 cm³/mol. The van der Waals surface area contributed by atoms with Crippen LogP contribution in [0.4, 0.5) is 0 Å². The molecule has 0 spiro atoms. The maximum absolute atomic E-state index is 6.19. The van der Waals surface area contributed by atoms with E-state index in [9.17, 15) is 0 Å². The van der Waals surface area contributed by atoms with Crippen LogP contribution in [0, 0.1) is 0 Å². The number of para-hydroxylation sites is 4. The maximum atomic E-state index is 6.19. The molecule has 11 nitrogen and oxygen atoms in total. The number of nitrogens with zero attached hydrogens (tertiary/aromatic N) is 2. The first-order chi connectivity index (χ1) is 28.7. The molecule has 325 valence electrons. The molecule has 4 aliphatic heterocycles. The second kappa shape index (κ2) is 21.2. The van der Waals surface area contributed by atoms with Gasteiger partial charge < -0.3 is 44.6 Å². The standard InChI is InChI=1S/C25H33NO4.C24H28N2O4.B.Na.H/c1-24(2)17-27-21-13-8-10-18(23(21)29-24)9-5-6-14-26-15-19-11-7-12-20-16-28-25(3,4)30-22(19)20;1-23(2)27-15-19-9-5-7-17(21(19)29-23)13-25-11-12-26-14-18-8-6-10-20-16-28-24(3,4)30-22(18)20;;;/h7-8,10-13,26H,5-6,9,14-17H2,1-4H3;5-10,13-14H,11-12,15-16H2,1-4H3;;;/q;;;+1;-1. The average Bonchev–Trinajstić information content (AvgIpc) is 3.20. The number of fused-ring (bicyclic) bond motifs is 4. The van der Waals surface area contributed by atoms with Crippen LogP contribution in [0.15, 0.2) is 82.8 Å². The third-order valence-corrected chi connectivity index (χ3v) is 10.4. The van der Waals surface area contributed by atoms with Crippen LogP contribution in [0.1, 0.15) is 109 Å². The van der Waals surface area contributed by atoms with Gasteiger partial charge in [-0.3, -0.25) is 9.98 Å². The van der Waals surface area contributed by atoms with Gasteiger partial charge in [0.15, 0.2) is 11.5 Å². The van der Waals surface area contributed by atoms with Gasteiger partial charge in [-0.1, -0.05) is 54.6 Å². The molecule has 4 heterocycles. The van der Waals surface area contributed by atoms with Gasteiger partial charge in [0, 0.05) is 102 Å². The number of ether oxygens (including phenoxy) is 8. The van der Waals surface area contributed by atoms with E-state index in [0.29, 0.717) is 39.5 Å². The number of nitrogens with one attached hydrogen (secondary N) is 1. The molecular formula is C49H62BN3NaO8. The smallest absolute Gasteiger partial charge is 1.00 e. The van der Waals surface area contributed by atoms with Crippen LogP contribution in [0.25, 0.3) is 0 Å².